The van der Waals surface area contributed by atoms with Gasteiger partial charge in [0.15, 0.2) is 11.5 Å². The fraction of sp³-hybridized carbons (Fsp3) is 0.222. The van der Waals surface area contributed by atoms with Crippen LogP contribution < -0.4 is 16.4 Å². The van der Waals surface area contributed by atoms with Crippen LogP contribution in [-0.2, 0) is 27.5 Å². The summed E-state index contributed by atoms with van der Waals surface area (Å²) in [4.78, 5) is 61.8. The summed E-state index contributed by atoms with van der Waals surface area (Å²) in [6.45, 7) is 6.14. The number of rotatable bonds is 12. The number of carbonyl (C=O) groups excluding carboxylic acids is 4. The molecule has 2 heterocycles. The smallest absolute Gasteiger partial charge is 0.339 e. The number of carbonyl (C=O) groups is 4. The molecule has 246 valence electrons. The van der Waals surface area contributed by atoms with Gasteiger partial charge in [-0.2, -0.15) is 0 Å². The summed E-state index contributed by atoms with van der Waals surface area (Å²) < 4.78 is 11.1. The Labute approximate surface area is 278 Å². The van der Waals surface area contributed by atoms with Crippen LogP contribution in [0.5, 0.6) is 0 Å². The molecule has 0 aliphatic carbocycles. The van der Waals surface area contributed by atoms with Gasteiger partial charge in [0.25, 0.3) is 5.91 Å². The fourth-order valence-electron chi connectivity index (χ4n) is 5.39. The van der Waals surface area contributed by atoms with Crippen molar-refractivity contribution in [1.82, 2.24) is 14.9 Å². The molecule has 2 atom stereocenters. The van der Waals surface area contributed by atoms with E-state index in [1.807, 2.05) is 67.6 Å². The standard InChI is InChI=1S/C36H36N6O6/c1-3-31(43)42-18-10-15-29(23(42)2)40-30-20-38-32(33(37)44)34(41-30)39-26-16-17-27(35(45)47-21-24-11-6-4-7-12-24)28(19-26)36(46)48-22-25-13-8-5-9-14-25/h3-9,11-14,16-17,19-20,23,29H,1,10,15,18,21-22H2,2H3,(H2,37,44)(H2,39,40,41)/t23-,29-/m1/s1. The van der Waals surface area contributed by atoms with E-state index in [-0.39, 0.29) is 53.8 Å². The Hall–Kier alpha value is -6.04. The van der Waals surface area contributed by atoms with Crippen LogP contribution in [0, 0.1) is 0 Å². The average Bonchev–Trinajstić information content (AvgIpc) is 3.11. The van der Waals surface area contributed by atoms with Crippen molar-refractivity contribution in [2.45, 2.75) is 45.1 Å². The second kappa shape index (κ2) is 15.5. The molecule has 0 radical (unpaired) electrons. The number of nitrogens with one attached hydrogen (secondary N) is 2. The first-order chi connectivity index (χ1) is 23.2. The number of nitrogens with zero attached hydrogens (tertiary/aromatic N) is 3. The fourth-order valence-corrected chi connectivity index (χ4v) is 5.39. The monoisotopic (exact) mass is 648 g/mol. The van der Waals surface area contributed by atoms with Gasteiger partial charge >= 0.3 is 11.9 Å². The van der Waals surface area contributed by atoms with Crippen LogP contribution in [0.1, 0.15) is 62.1 Å². The van der Waals surface area contributed by atoms with Crippen molar-refractivity contribution in [3.8, 4) is 0 Å². The van der Waals surface area contributed by atoms with Crippen molar-refractivity contribution in [2.75, 3.05) is 17.2 Å². The number of piperidine rings is 1. The maximum Gasteiger partial charge on any atom is 0.339 e. The molecule has 12 nitrogen and oxygen atoms in total. The Morgan fingerprint density at radius 3 is 2.17 bits per heavy atom. The number of hydrogen-bond acceptors (Lipinski definition) is 10. The number of esters is 2. The van der Waals surface area contributed by atoms with Crippen molar-refractivity contribution >= 4 is 41.1 Å². The Kier molecular flexibility index (Phi) is 10.8. The van der Waals surface area contributed by atoms with Crippen LogP contribution in [0.4, 0.5) is 17.3 Å². The van der Waals surface area contributed by atoms with E-state index >= 15 is 0 Å². The summed E-state index contributed by atoms with van der Waals surface area (Å²) in [7, 11) is 0. The molecule has 1 saturated heterocycles. The van der Waals surface area contributed by atoms with E-state index in [0.29, 0.717) is 18.1 Å². The van der Waals surface area contributed by atoms with Gasteiger partial charge < -0.3 is 30.7 Å². The molecule has 1 aromatic heterocycles. The van der Waals surface area contributed by atoms with Gasteiger partial charge in [-0.25, -0.2) is 19.6 Å². The third kappa shape index (κ3) is 8.21. The molecule has 12 heteroatoms. The molecule has 0 unspecified atom stereocenters. The van der Waals surface area contributed by atoms with Gasteiger partial charge in [-0.3, -0.25) is 9.59 Å². The van der Waals surface area contributed by atoms with Crippen molar-refractivity contribution in [2.24, 2.45) is 5.73 Å². The minimum atomic E-state index is -0.825. The average molecular weight is 649 g/mol. The SMILES string of the molecule is C=CC(=O)N1CCC[C@@H](Nc2cnc(C(N)=O)c(Nc3ccc(C(=O)OCc4ccccc4)c(C(=O)OCc4ccccc4)c3)n2)[C@H]1C. The van der Waals surface area contributed by atoms with Crippen molar-refractivity contribution < 1.29 is 28.7 Å². The summed E-state index contributed by atoms with van der Waals surface area (Å²) >= 11 is 0. The van der Waals surface area contributed by atoms with Gasteiger partial charge in [-0.1, -0.05) is 67.2 Å². The lowest BCUT2D eigenvalue weighted by Crippen LogP contribution is -2.51. The number of ether oxygens (including phenoxy) is 2. The van der Waals surface area contributed by atoms with Gasteiger partial charge in [0.05, 0.1) is 17.3 Å². The van der Waals surface area contributed by atoms with Gasteiger partial charge in [-0.15, -0.1) is 0 Å². The number of benzene rings is 3. The number of hydrogen-bond donors (Lipinski definition) is 3. The zero-order valence-corrected chi connectivity index (χ0v) is 26.4. The Morgan fingerprint density at radius 2 is 1.56 bits per heavy atom. The van der Waals surface area contributed by atoms with Gasteiger partial charge in [0, 0.05) is 24.3 Å². The van der Waals surface area contributed by atoms with Crippen LogP contribution in [0.25, 0.3) is 0 Å². The van der Waals surface area contributed by atoms with E-state index in [9.17, 15) is 19.2 Å². The largest absolute Gasteiger partial charge is 0.457 e. The quantitative estimate of drug-likeness (QED) is 0.140. The van der Waals surface area contributed by atoms with Crippen LogP contribution >= 0.6 is 0 Å². The number of likely N-dealkylation sites (tertiary alicyclic amines) is 1. The molecule has 0 saturated carbocycles. The maximum absolute atomic E-state index is 13.4. The van der Waals surface area contributed by atoms with Gasteiger partial charge in [0.2, 0.25) is 5.91 Å². The van der Waals surface area contributed by atoms with E-state index in [2.05, 4.69) is 27.2 Å². The lowest BCUT2D eigenvalue weighted by Gasteiger charge is -2.39. The first kappa shape index (κ1) is 33.3. The summed E-state index contributed by atoms with van der Waals surface area (Å²) in [5.74, 6) is -2.08. The third-order valence-corrected chi connectivity index (χ3v) is 7.93. The predicted molar refractivity (Wildman–Crippen MR) is 179 cm³/mol. The van der Waals surface area contributed by atoms with Crippen molar-refractivity contribution in [1.29, 1.82) is 0 Å². The van der Waals surface area contributed by atoms with Crippen LogP contribution in [0.15, 0.2) is 97.7 Å². The third-order valence-electron chi connectivity index (χ3n) is 7.93. The highest BCUT2D eigenvalue weighted by Crippen LogP contribution is 2.26. The first-order valence-corrected chi connectivity index (χ1v) is 15.4. The number of amides is 2. The van der Waals surface area contributed by atoms with Crippen LogP contribution in [0.2, 0.25) is 0 Å². The Bertz CT molecular complexity index is 1800. The summed E-state index contributed by atoms with van der Waals surface area (Å²) in [5.41, 5.74) is 7.28. The second-order valence-corrected chi connectivity index (χ2v) is 11.2. The lowest BCUT2D eigenvalue weighted by atomic mass is 9.97. The lowest BCUT2D eigenvalue weighted by molar-refractivity contribution is -0.129. The highest BCUT2D eigenvalue weighted by Gasteiger charge is 2.30. The van der Waals surface area contributed by atoms with Gasteiger partial charge in [-0.05, 0) is 55.2 Å². The molecular formula is C36H36N6O6. The molecule has 0 spiro atoms. The number of aromatic nitrogens is 2. The molecule has 5 rings (SSSR count). The summed E-state index contributed by atoms with van der Waals surface area (Å²) in [6.07, 6.45) is 4.25. The van der Waals surface area contributed by atoms with E-state index < -0.39 is 17.8 Å². The molecular weight excluding hydrogens is 612 g/mol. The van der Waals surface area contributed by atoms with Gasteiger partial charge in [0.1, 0.15) is 19.0 Å². The second-order valence-electron chi connectivity index (χ2n) is 11.2. The molecule has 1 fully saturated rings. The number of primary amides is 1. The molecule has 0 bridgehead atoms. The molecule has 2 amide bonds. The summed E-state index contributed by atoms with van der Waals surface area (Å²) in [6, 6.07) is 22.4. The first-order valence-electron chi connectivity index (χ1n) is 15.4. The van der Waals surface area contributed by atoms with Crippen molar-refractivity contribution in [3.63, 3.8) is 0 Å². The Morgan fingerprint density at radius 1 is 0.938 bits per heavy atom. The number of anilines is 3. The molecule has 3 aromatic carbocycles. The molecule has 1 aliphatic heterocycles. The van der Waals surface area contributed by atoms with Crippen LogP contribution in [-0.4, -0.2) is 57.2 Å². The van der Waals surface area contributed by atoms with Crippen LogP contribution in [0.3, 0.4) is 0 Å². The zero-order chi connectivity index (χ0) is 34.0. The predicted octanol–water partition coefficient (Wildman–Crippen LogP) is 5.01. The Balaban J connectivity index is 1.41. The highest BCUT2D eigenvalue weighted by molar-refractivity contribution is 6.04. The normalized spacial score (nSPS) is 15.6. The summed E-state index contributed by atoms with van der Waals surface area (Å²) in [5, 5.41) is 6.34. The molecule has 4 N–H and O–H groups in total. The minimum Gasteiger partial charge on any atom is -0.457 e. The molecule has 1 aliphatic rings. The molecule has 48 heavy (non-hydrogen) atoms. The van der Waals surface area contributed by atoms with Crippen molar-refractivity contribution in [3.05, 3.63) is 126 Å². The molecule has 4 aromatic rings. The zero-order valence-electron chi connectivity index (χ0n) is 26.4. The highest BCUT2D eigenvalue weighted by atomic mass is 16.5. The van der Waals surface area contributed by atoms with E-state index in [4.69, 9.17) is 15.2 Å². The van der Waals surface area contributed by atoms with E-state index in [0.717, 1.165) is 24.0 Å². The van der Waals surface area contributed by atoms with E-state index in [1.54, 1.807) is 11.0 Å². The minimum absolute atomic E-state index is 0.00363. The topological polar surface area (TPSA) is 166 Å². The maximum atomic E-state index is 13.4. The van der Waals surface area contributed by atoms with E-state index in [1.165, 1.54) is 24.4 Å². The number of nitrogens with two attached hydrogens (primary N) is 1.